The minimum atomic E-state index is -3.39. The first-order valence-corrected chi connectivity index (χ1v) is 9.07. The highest BCUT2D eigenvalue weighted by Gasteiger charge is 2.36. The molecule has 0 radical (unpaired) electrons. The Hall–Kier alpha value is -0.990. The quantitative estimate of drug-likeness (QED) is 0.814. The number of morpholine rings is 1. The second-order valence-electron chi connectivity index (χ2n) is 5.78. The molecule has 1 aromatic rings. The van der Waals surface area contributed by atoms with Gasteiger partial charge in [0.2, 0.25) is 0 Å². The molecule has 2 saturated heterocycles. The fourth-order valence-electron chi connectivity index (χ4n) is 3.03. The van der Waals surface area contributed by atoms with Crippen molar-refractivity contribution in [2.24, 2.45) is 0 Å². The van der Waals surface area contributed by atoms with Crippen LogP contribution in [0.2, 0.25) is 0 Å². The summed E-state index contributed by atoms with van der Waals surface area (Å²) < 4.78 is 34.0. The van der Waals surface area contributed by atoms with Crippen molar-refractivity contribution in [2.75, 3.05) is 53.0 Å². The van der Waals surface area contributed by atoms with Gasteiger partial charge < -0.3 is 4.74 Å². The number of benzene rings is 1. The molecule has 0 bridgehead atoms. The maximum absolute atomic E-state index is 12.8. The largest absolute Gasteiger partial charge is 0.379 e. The smallest absolute Gasteiger partial charge is 0.282 e. The minimum Gasteiger partial charge on any atom is -0.379 e. The van der Waals surface area contributed by atoms with Gasteiger partial charge in [-0.25, -0.2) is 0 Å². The van der Waals surface area contributed by atoms with Gasteiger partial charge in [0.1, 0.15) is 0 Å². The van der Waals surface area contributed by atoms with Crippen molar-refractivity contribution in [1.82, 2.24) is 13.5 Å². The van der Waals surface area contributed by atoms with E-state index in [9.17, 15) is 8.42 Å². The number of rotatable bonds is 3. The lowest BCUT2D eigenvalue weighted by Gasteiger charge is -2.41. The summed E-state index contributed by atoms with van der Waals surface area (Å²) in [5, 5.41) is 0. The average molecular weight is 325 g/mol. The van der Waals surface area contributed by atoms with Gasteiger partial charge >= 0.3 is 0 Å². The Balaban J connectivity index is 1.77. The molecule has 6 nitrogen and oxygen atoms in total. The molecule has 2 fully saturated rings. The summed E-state index contributed by atoms with van der Waals surface area (Å²) in [6, 6.07) is 10.2. The van der Waals surface area contributed by atoms with Gasteiger partial charge in [-0.05, 0) is 12.6 Å². The number of ether oxygens (including phenoxy) is 1. The topological polar surface area (TPSA) is 53.1 Å². The van der Waals surface area contributed by atoms with Crippen molar-refractivity contribution >= 4 is 10.2 Å². The summed E-state index contributed by atoms with van der Waals surface area (Å²) in [6.45, 7) is 3.64. The summed E-state index contributed by atoms with van der Waals surface area (Å²) in [5.41, 5.74) is 1.16. The van der Waals surface area contributed by atoms with Gasteiger partial charge in [-0.2, -0.15) is 17.0 Å². The first kappa shape index (κ1) is 15.9. The van der Waals surface area contributed by atoms with Crippen LogP contribution in [-0.4, -0.2) is 74.9 Å². The normalized spacial score (nSPS) is 26.1. The number of piperazine rings is 1. The molecule has 0 saturated carbocycles. The van der Waals surface area contributed by atoms with Gasteiger partial charge in [-0.3, -0.25) is 4.90 Å². The summed E-state index contributed by atoms with van der Waals surface area (Å²) in [5.74, 6) is 0. The van der Waals surface area contributed by atoms with E-state index in [1.54, 1.807) is 8.61 Å². The maximum Gasteiger partial charge on any atom is 0.282 e. The van der Waals surface area contributed by atoms with Crippen LogP contribution in [-0.2, 0) is 14.9 Å². The minimum absolute atomic E-state index is 0.103. The SMILES string of the molecule is CN1CCN(S(=O)(=O)N2CCOCC2)CC1c1ccccc1. The third-order valence-corrected chi connectivity index (χ3v) is 6.42. The molecule has 1 atom stereocenters. The molecule has 2 heterocycles. The van der Waals surface area contributed by atoms with Crippen LogP contribution in [0.4, 0.5) is 0 Å². The van der Waals surface area contributed by atoms with Gasteiger partial charge in [0.25, 0.3) is 10.2 Å². The van der Waals surface area contributed by atoms with E-state index in [4.69, 9.17) is 4.74 Å². The predicted molar refractivity (Wildman–Crippen MR) is 84.7 cm³/mol. The molecule has 2 aliphatic heterocycles. The van der Waals surface area contributed by atoms with Crippen LogP contribution >= 0.6 is 0 Å². The Bertz CT molecular complexity index is 587. The Morgan fingerprint density at radius 2 is 1.68 bits per heavy atom. The van der Waals surface area contributed by atoms with E-state index >= 15 is 0 Å². The third kappa shape index (κ3) is 3.18. The Labute approximate surface area is 132 Å². The third-order valence-electron chi connectivity index (χ3n) is 4.42. The van der Waals surface area contributed by atoms with Gasteiger partial charge in [0.05, 0.1) is 13.2 Å². The molecule has 0 amide bonds. The molecular weight excluding hydrogens is 302 g/mol. The number of likely N-dealkylation sites (N-methyl/N-ethyl adjacent to an activating group) is 1. The average Bonchev–Trinajstić information content (AvgIpc) is 2.57. The second-order valence-corrected chi connectivity index (χ2v) is 7.71. The summed E-state index contributed by atoms with van der Waals surface area (Å²) in [6.07, 6.45) is 0. The highest BCUT2D eigenvalue weighted by atomic mass is 32.2. The van der Waals surface area contributed by atoms with Crippen molar-refractivity contribution in [3.63, 3.8) is 0 Å². The fraction of sp³-hybridized carbons (Fsp3) is 0.600. The monoisotopic (exact) mass is 325 g/mol. The van der Waals surface area contributed by atoms with E-state index in [1.807, 2.05) is 18.2 Å². The van der Waals surface area contributed by atoms with Gasteiger partial charge in [0, 0.05) is 38.8 Å². The summed E-state index contributed by atoms with van der Waals surface area (Å²) >= 11 is 0. The Kier molecular flexibility index (Phi) is 4.79. The Morgan fingerprint density at radius 3 is 2.36 bits per heavy atom. The van der Waals surface area contributed by atoms with Gasteiger partial charge in [-0.15, -0.1) is 0 Å². The number of hydrogen-bond acceptors (Lipinski definition) is 4. The lowest BCUT2D eigenvalue weighted by Crippen LogP contribution is -2.55. The van der Waals surface area contributed by atoms with E-state index < -0.39 is 10.2 Å². The zero-order chi connectivity index (χ0) is 15.6. The van der Waals surface area contributed by atoms with E-state index in [0.717, 1.165) is 12.1 Å². The second kappa shape index (κ2) is 6.64. The van der Waals surface area contributed by atoms with Crippen molar-refractivity contribution in [3.05, 3.63) is 35.9 Å². The van der Waals surface area contributed by atoms with Crippen molar-refractivity contribution in [2.45, 2.75) is 6.04 Å². The molecule has 122 valence electrons. The molecule has 22 heavy (non-hydrogen) atoms. The highest BCUT2D eigenvalue weighted by Crippen LogP contribution is 2.26. The van der Waals surface area contributed by atoms with Crippen LogP contribution in [0.15, 0.2) is 30.3 Å². The van der Waals surface area contributed by atoms with Crippen LogP contribution in [0.25, 0.3) is 0 Å². The van der Waals surface area contributed by atoms with Gasteiger partial charge in [-0.1, -0.05) is 30.3 Å². The van der Waals surface area contributed by atoms with Gasteiger partial charge in [0.15, 0.2) is 0 Å². The number of hydrogen-bond donors (Lipinski definition) is 0. The van der Waals surface area contributed by atoms with Crippen LogP contribution in [0.3, 0.4) is 0 Å². The van der Waals surface area contributed by atoms with Crippen LogP contribution < -0.4 is 0 Å². The molecule has 7 heteroatoms. The molecule has 0 aromatic heterocycles. The van der Waals surface area contributed by atoms with Crippen molar-refractivity contribution < 1.29 is 13.2 Å². The lowest BCUT2D eigenvalue weighted by atomic mass is 10.0. The molecule has 0 N–H and O–H groups in total. The Morgan fingerprint density at radius 1 is 1.00 bits per heavy atom. The lowest BCUT2D eigenvalue weighted by molar-refractivity contribution is 0.0669. The standard InChI is InChI=1S/C15H23N3O3S/c1-16-7-8-18(13-15(16)14-5-3-2-4-6-14)22(19,20)17-9-11-21-12-10-17/h2-6,15H,7-13H2,1H3. The number of nitrogens with zero attached hydrogens (tertiary/aromatic N) is 3. The molecular formula is C15H23N3O3S. The zero-order valence-electron chi connectivity index (χ0n) is 12.9. The van der Waals surface area contributed by atoms with E-state index in [-0.39, 0.29) is 6.04 Å². The van der Waals surface area contributed by atoms with E-state index in [2.05, 4.69) is 24.1 Å². The van der Waals surface area contributed by atoms with Crippen LogP contribution in [0.1, 0.15) is 11.6 Å². The zero-order valence-corrected chi connectivity index (χ0v) is 13.7. The first-order valence-electron chi connectivity index (χ1n) is 7.67. The molecule has 0 spiro atoms. The van der Waals surface area contributed by atoms with Crippen LogP contribution in [0.5, 0.6) is 0 Å². The predicted octanol–water partition coefficient (Wildman–Crippen LogP) is 0.552. The van der Waals surface area contributed by atoms with E-state index in [1.165, 1.54) is 0 Å². The highest BCUT2D eigenvalue weighted by molar-refractivity contribution is 7.86. The fourth-order valence-corrected chi connectivity index (χ4v) is 4.61. The maximum atomic E-state index is 12.8. The van der Waals surface area contributed by atoms with Crippen molar-refractivity contribution in [1.29, 1.82) is 0 Å². The summed E-state index contributed by atoms with van der Waals surface area (Å²) in [7, 11) is -1.34. The van der Waals surface area contributed by atoms with E-state index in [0.29, 0.717) is 39.4 Å². The summed E-state index contributed by atoms with van der Waals surface area (Å²) in [4.78, 5) is 2.22. The first-order chi connectivity index (χ1) is 10.6. The molecule has 2 aliphatic rings. The van der Waals surface area contributed by atoms with Crippen LogP contribution in [0, 0.1) is 0 Å². The molecule has 1 unspecified atom stereocenters. The molecule has 0 aliphatic carbocycles. The van der Waals surface area contributed by atoms with Crippen molar-refractivity contribution in [3.8, 4) is 0 Å². The molecule has 1 aromatic carbocycles. The molecule has 3 rings (SSSR count).